The Morgan fingerprint density at radius 1 is 1.47 bits per heavy atom. The van der Waals surface area contributed by atoms with Crippen molar-refractivity contribution in [3.63, 3.8) is 0 Å². The number of halogens is 1. The van der Waals surface area contributed by atoms with Crippen molar-refractivity contribution in [2.24, 2.45) is 0 Å². The molecule has 15 heavy (non-hydrogen) atoms. The van der Waals surface area contributed by atoms with Gasteiger partial charge in [-0.1, -0.05) is 0 Å². The normalized spacial score (nSPS) is 9.87. The lowest BCUT2D eigenvalue weighted by molar-refractivity contribution is 0.618. The van der Waals surface area contributed by atoms with E-state index in [2.05, 4.69) is 5.10 Å². The monoisotopic (exact) mass is 201 g/mol. The minimum Gasteiger partial charge on any atom is -0.268 e. The van der Waals surface area contributed by atoms with Crippen molar-refractivity contribution in [3.8, 4) is 6.07 Å². The minimum absolute atomic E-state index is 0.337. The van der Waals surface area contributed by atoms with E-state index in [9.17, 15) is 4.39 Å². The first-order valence-corrected chi connectivity index (χ1v) is 4.45. The van der Waals surface area contributed by atoms with Gasteiger partial charge in [-0.25, -0.2) is 4.39 Å². The van der Waals surface area contributed by atoms with Crippen molar-refractivity contribution >= 4 is 0 Å². The van der Waals surface area contributed by atoms with Gasteiger partial charge >= 0.3 is 0 Å². The molecule has 0 bridgehead atoms. The van der Waals surface area contributed by atoms with Crippen LogP contribution in [-0.2, 0) is 6.54 Å². The van der Waals surface area contributed by atoms with E-state index in [0.717, 1.165) is 0 Å². The average molecular weight is 201 g/mol. The predicted octanol–water partition coefficient (Wildman–Crippen LogP) is 1.94. The zero-order chi connectivity index (χ0) is 10.7. The van der Waals surface area contributed by atoms with Gasteiger partial charge in [-0.3, -0.25) is 4.68 Å². The highest BCUT2D eigenvalue weighted by molar-refractivity contribution is 5.37. The van der Waals surface area contributed by atoms with Gasteiger partial charge in [-0.05, 0) is 29.8 Å². The first-order valence-electron chi connectivity index (χ1n) is 4.45. The van der Waals surface area contributed by atoms with Crippen LogP contribution in [0.5, 0.6) is 0 Å². The Labute approximate surface area is 86.4 Å². The number of nitriles is 1. The molecule has 0 radical (unpaired) electrons. The molecular weight excluding hydrogens is 193 g/mol. The molecule has 0 aliphatic rings. The van der Waals surface area contributed by atoms with E-state index in [-0.39, 0.29) is 5.82 Å². The maximum absolute atomic E-state index is 13.0. The summed E-state index contributed by atoms with van der Waals surface area (Å²) in [6, 6.07) is 7.94. The number of nitrogens with zero attached hydrogens (tertiary/aromatic N) is 3. The molecule has 2 rings (SSSR count). The minimum atomic E-state index is -0.337. The highest BCUT2D eigenvalue weighted by atomic mass is 19.1. The molecule has 0 aliphatic heterocycles. The summed E-state index contributed by atoms with van der Waals surface area (Å²) in [5.41, 5.74) is 1.12. The second-order valence-electron chi connectivity index (χ2n) is 3.12. The van der Waals surface area contributed by atoms with E-state index in [1.165, 1.54) is 18.2 Å². The Hall–Kier alpha value is -2.15. The van der Waals surface area contributed by atoms with Crippen LogP contribution in [0.25, 0.3) is 0 Å². The van der Waals surface area contributed by atoms with Gasteiger partial charge in [0.25, 0.3) is 0 Å². The summed E-state index contributed by atoms with van der Waals surface area (Å²) in [5.74, 6) is -0.337. The predicted molar refractivity (Wildman–Crippen MR) is 52.4 cm³/mol. The number of benzene rings is 1. The van der Waals surface area contributed by atoms with Crippen molar-refractivity contribution in [2.75, 3.05) is 0 Å². The van der Waals surface area contributed by atoms with Crippen LogP contribution in [0.3, 0.4) is 0 Å². The number of rotatable bonds is 2. The number of hydrogen-bond donors (Lipinski definition) is 0. The average Bonchev–Trinajstić information content (AvgIpc) is 2.71. The Balaban J connectivity index is 2.35. The first-order chi connectivity index (χ1) is 7.29. The maximum Gasteiger partial charge on any atom is 0.123 e. The van der Waals surface area contributed by atoms with Crippen LogP contribution >= 0.6 is 0 Å². The molecule has 4 heteroatoms. The van der Waals surface area contributed by atoms with Crippen LogP contribution in [0, 0.1) is 17.1 Å². The molecule has 0 spiro atoms. The summed E-state index contributed by atoms with van der Waals surface area (Å²) in [6.45, 7) is 0.410. The molecule has 2 aromatic rings. The van der Waals surface area contributed by atoms with Crippen molar-refractivity contribution in [1.82, 2.24) is 9.78 Å². The van der Waals surface area contributed by atoms with Gasteiger partial charge < -0.3 is 0 Å². The second kappa shape index (κ2) is 3.93. The third kappa shape index (κ3) is 2.02. The molecule has 0 atom stereocenters. The molecule has 74 valence electrons. The van der Waals surface area contributed by atoms with Gasteiger partial charge in [0.15, 0.2) is 0 Å². The van der Waals surface area contributed by atoms with Crippen molar-refractivity contribution in [3.05, 3.63) is 53.6 Å². The Morgan fingerprint density at radius 2 is 2.33 bits per heavy atom. The smallest absolute Gasteiger partial charge is 0.123 e. The fourth-order valence-corrected chi connectivity index (χ4v) is 1.37. The zero-order valence-electron chi connectivity index (χ0n) is 7.89. The topological polar surface area (TPSA) is 41.6 Å². The van der Waals surface area contributed by atoms with Gasteiger partial charge in [0.2, 0.25) is 0 Å². The highest BCUT2D eigenvalue weighted by Gasteiger charge is 2.04. The summed E-state index contributed by atoms with van der Waals surface area (Å²) in [4.78, 5) is 0. The third-order valence-corrected chi connectivity index (χ3v) is 2.08. The summed E-state index contributed by atoms with van der Waals surface area (Å²) in [5, 5.41) is 12.8. The summed E-state index contributed by atoms with van der Waals surface area (Å²) < 4.78 is 14.6. The van der Waals surface area contributed by atoms with Crippen LogP contribution in [-0.4, -0.2) is 9.78 Å². The molecule has 0 saturated carbocycles. The maximum atomic E-state index is 13.0. The summed E-state index contributed by atoms with van der Waals surface area (Å²) in [6.07, 6.45) is 3.41. The molecular formula is C11H8FN3. The first kappa shape index (κ1) is 9.41. The highest BCUT2D eigenvalue weighted by Crippen LogP contribution is 2.11. The van der Waals surface area contributed by atoms with Crippen LogP contribution in [0.2, 0.25) is 0 Å². The SMILES string of the molecule is N#Cc1ccc(F)cc1Cn1cccn1. The van der Waals surface area contributed by atoms with Crippen molar-refractivity contribution < 1.29 is 4.39 Å². The Morgan fingerprint density at radius 3 is 3.00 bits per heavy atom. The summed E-state index contributed by atoms with van der Waals surface area (Å²) in [7, 11) is 0. The largest absolute Gasteiger partial charge is 0.268 e. The quantitative estimate of drug-likeness (QED) is 0.745. The van der Waals surface area contributed by atoms with Crippen LogP contribution in [0.15, 0.2) is 36.7 Å². The Kier molecular flexibility index (Phi) is 2.46. The molecule has 0 saturated heterocycles. The molecule has 1 aromatic carbocycles. The molecule has 0 amide bonds. The van der Waals surface area contributed by atoms with Crippen LogP contribution in [0.4, 0.5) is 4.39 Å². The van der Waals surface area contributed by atoms with E-state index >= 15 is 0 Å². The van der Waals surface area contributed by atoms with E-state index in [0.29, 0.717) is 17.7 Å². The summed E-state index contributed by atoms with van der Waals surface area (Å²) >= 11 is 0. The molecule has 1 aromatic heterocycles. The van der Waals surface area contributed by atoms with Crippen LogP contribution < -0.4 is 0 Å². The lowest BCUT2D eigenvalue weighted by atomic mass is 10.1. The van der Waals surface area contributed by atoms with Gasteiger partial charge in [0.1, 0.15) is 5.82 Å². The molecule has 1 heterocycles. The van der Waals surface area contributed by atoms with E-state index in [4.69, 9.17) is 5.26 Å². The Bertz CT molecular complexity index is 497. The number of hydrogen-bond acceptors (Lipinski definition) is 2. The zero-order valence-corrected chi connectivity index (χ0v) is 7.89. The van der Waals surface area contributed by atoms with E-state index < -0.39 is 0 Å². The fraction of sp³-hybridized carbons (Fsp3) is 0.0909. The van der Waals surface area contributed by atoms with E-state index in [1.807, 2.05) is 6.07 Å². The van der Waals surface area contributed by atoms with Gasteiger partial charge in [-0.2, -0.15) is 10.4 Å². The lowest BCUT2D eigenvalue weighted by Gasteiger charge is -2.04. The molecule has 0 N–H and O–H groups in total. The molecule has 0 unspecified atom stereocenters. The molecule has 0 fully saturated rings. The van der Waals surface area contributed by atoms with Crippen molar-refractivity contribution in [1.29, 1.82) is 5.26 Å². The number of aromatic nitrogens is 2. The third-order valence-electron chi connectivity index (χ3n) is 2.08. The van der Waals surface area contributed by atoms with Crippen molar-refractivity contribution in [2.45, 2.75) is 6.54 Å². The van der Waals surface area contributed by atoms with Gasteiger partial charge in [-0.15, -0.1) is 0 Å². The van der Waals surface area contributed by atoms with Gasteiger partial charge in [0, 0.05) is 12.4 Å². The van der Waals surface area contributed by atoms with Crippen LogP contribution in [0.1, 0.15) is 11.1 Å². The second-order valence-corrected chi connectivity index (χ2v) is 3.12. The van der Waals surface area contributed by atoms with E-state index in [1.54, 1.807) is 23.1 Å². The fourth-order valence-electron chi connectivity index (χ4n) is 1.37. The molecule has 0 aliphatic carbocycles. The van der Waals surface area contributed by atoms with Gasteiger partial charge in [0.05, 0.1) is 18.2 Å². The lowest BCUT2D eigenvalue weighted by Crippen LogP contribution is -2.02. The standard InChI is InChI=1S/C11H8FN3/c12-11-3-2-9(7-13)10(6-11)8-15-5-1-4-14-15/h1-6H,8H2. The molecule has 3 nitrogen and oxygen atoms in total.